The molecular formula is C21H22F3N3O4. The lowest BCUT2D eigenvalue weighted by Gasteiger charge is -2.35. The average Bonchev–Trinajstić information content (AvgIpc) is 2.77. The van der Waals surface area contributed by atoms with Gasteiger partial charge in [0.2, 0.25) is 0 Å². The normalized spacial score (nSPS) is 14.3. The van der Waals surface area contributed by atoms with Gasteiger partial charge in [0.05, 0.1) is 17.7 Å². The molecule has 3 rings (SSSR count). The van der Waals surface area contributed by atoms with E-state index in [-0.39, 0.29) is 24.9 Å². The Hall–Kier alpha value is -3.30. The molecule has 31 heavy (non-hydrogen) atoms. The van der Waals surface area contributed by atoms with E-state index in [4.69, 9.17) is 9.47 Å². The van der Waals surface area contributed by atoms with Gasteiger partial charge in [-0.1, -0.05) is 6.07 Å². The van der Waals surface area contributed by atoms with Crippen LogP contribution in [0.25, 0.3) is 0 Å². The number of benzene rings is 1. The summed E-state index contributed by atoms with van der Waals surface area (Å²) in [6.07, 6.45) is -3.02. The maximum atomic E-state index is 12.8. The second kappa shape index (κ2) is 9.67. The zero-order valence-corrected chi connectivity index (χ0v) is 16.9. The van der Waals surface area contributed by atoms with Gasteiger partial charge in [-0.05, 0) is 37.3 Å². The number of carbonyl (C=O) groups excluding carboxylic acids is 2. The largest absolute Gasteiger partial charge is 0.484 e. The number of ether oxygens (including phenoxy) is 2. The standard InChI is InChI=1S/C21H22F3N3O4/c1-2-30-20(29)15-6-7-18(25-13-15)26-8-10-27(11-9-26)19(28)14-31-17-5-3-4-16(12-17)21(22,23)24/h3-7,12-13H,2,8-11,14H2,1H3. The van der Waals surface area contributed by atoms with Crippen molar-refractivity contribution in [3.63, 3.8) is 0 Å². The van der Waals surface area contributed by atoms with Gasteiger partial charge in [-0.2, -0.15) is 13.2 Å². The predicted molar refractivity (Wildman–Crippen MR) is 106 cm³/mol. The van der Waals surface area contributed by atoms with Crippen LogP contribution in [-0.2, 0) is 15.7 Å². The number of pyridine rings is 1. The highest BCUT2D eigenvalue weighted by molar-refractivity contribution is 5.89. The third kappa shape index (κ3) is 5.87. The summed E-state index contributed by atoms with van der Waals surface area (Å²) in [7, 11) is 0. The van der Waals surface area contributed by atoms with Crippen LogP contribution in [0.15, 0.2) is 42.6 Å². The molecule has 0 unspecified atom stereocenters. The summed E-state index contributed by atoms with van der Waals surface area (Å²) >= 11 is 0. The van der Waals surface area contributed by atoms with E-state index < -0.39 is 17.7 Å². The molecule has 7 nitrogen and oxygen atoms in total. The number of alkyl halides is 3. The molecule has 1 aromatic carbocycles. The highest BCUT2D eigenvalue weighted by atomic mass is 19.4. The van der Waals surface area contributed by atoms with E-state index in [1.54, 1.807) is 24.0 Å². The van der Waals surface area contributed by atoms with Gasteiger partial charge in [-0.25, -0.2) is 9.78 Å². The Balaban J connectivity index is 1.49. The van der Waals surface area contributed by atoms with E-state index in [1.165, 1.54) is 18.3 Å². The molecule has 1 fully saturated rings. The van der Waals surface area contributed by atoms with E-state index in [1.807, 2.05) is 4.90 Å². The number of amides is 1. The lowest BCUT2D eigenvalue weighted by molar-refractivity contribution is -0.137. The topological polar surface area (TPSA) is 72.0 Å². The average molecular weight is 437 g/mol. The molecule has 0 aliphatic carbocycles. The Morgan fingerprint density at radius 3 is 2.45 bits per heavy atom. The molecule has 1 saturated heterocycles. The van der Waals surface area contributed by atoms with E-state index in [0.717, 1.165) is 12.1 Å². The molecule has 2 aromatic rings. The first kappa shape index (κ1) is 22.4. The Morgan fingerprint density at radius 1 is 1.10 bits per heavy atom. The van der Waals surface area contributed by atoms with Crippen molar-refractivity contribution in [3.05, 3.63) is 53.7 Å². The van der Waals surface area contributed by atoms with Gasteiger partial charge in [0, 0.05) is 32.4 Å². The number of carbonyl (C=O) groups is 2. The minimum Gasteiger partial charge on any atom is -0.484 e. The maximum absolute atomic E-state index is 12.8. The molecular weight excluding hydrogens is 415 g/mol. The predicted octanol–water partition coefficient (Wildman–Crippen LogP) is 3.00. The van der Waals surface area contributed by atoms with Crippen molar-refractivity contribution in [2.45, 2.75) is 13.1 Å². The number of hydrogen-bond donors (Lipinski definition) is 0. The van der Waals surface area contributed by atoms with Crippen molar-refractivity contribution in [3.8, 4) is 5.75 Å². The summed E-state index contributed by atoms with van der Waals surface area (Å²) in [6, 6.07) is 7.80. The van der Waals surface area contributed by atoms with E-state index in [9.17, 15) is 22.8 Å². The minimum absolute atomic E-state index is 0.00676. The van der Waals surface area contributed by atoms with Crippen LogP contribution in [0.2, 0.25) is 0 Å². The Bertz CT molecular complexity index is 911. The summed E-state index contributed by atoms with van der Waals surface area (Å²) in [5.41, 5.74) is -0.460. The smallest absolute Gasteiger partial charge is 0.416 e. The zero-order valence-electron chi connectivity index (χ0n) is 16.9. The molecule has 1 aliphatic rings. The molecule has 0 saturated carbocycles. The molecule has 1 amide bonds. The minimum atomic E-state index is -4.47. The molecule has 0 radical (unpaired) electrons. The lowest BCUT2D eigenvalue weighted by atomic mass is 10.2. The number of halogens is 3. The first-order chi connectivity index (χ1) is 14.8. The van der Waals surface area contributed by atoms with Crippen LogP contribution in [-0.4, -0.2) is 61.2 Å². The van der Waals surface area contributed by atoms with Crippen molar-refractivity contribution in [1.29, 1.82) is 0 Å². The molecule has 1 aromatic heterocycles. The van der Waals surface area contributed by atoms with Crippen LogP contribution in [0.3, 0.4) is 0 Å². The molecule has 0 bridgehead atoms. The molecule has 0 spiro atoms. The van der Waals surface area contributed by atoms with E-state index in [2.05, 4.69) is 4.98 Å². The van der Waals surface area contributed by atoms with Crippen LogP contribution in [0.4, 0.5) is 19.0 Å². The highest BCUT2D eigenvalue weighted by Gasteiger charge is 2.30. The first-order valence-corrected chi connectivity index (χ1v) is 9.74. The second-order valence-electron chi connectivity index (χ2n) is 6.81. The number of anilines is 1. The summed E-state index contributed by atoms with van der Waals surface area (Å²) < 4.78 is 48.5. The van der Waals surface area contributed by atoms with Gasteiger partial charge in [0.1, 0.15) is 11.6 Å². The van der Waals surface area contributed by atoms with Crippen molar-refractivity contribution in [2.24, 2.45) is 0 Å². The summed E-state index contributed by atoms with van der Waals surface area (Å²) in [5, 5.41) is 0. The van der Waals surface area contributed by atoms with Crippen molar-refractivity contribution in [1.82, 2.24) is 9.88 Å². The maximum Gasteiger partial charge on any atom is 0.416 e. The number of rotatable bonds is 6. The van der Waals surface area contributed by atoms with Crippen molar-refractivity contribution in [2.75, 3.05) is 44.3 Å². The van der Waals surface area contributed by atoms with Crippen LogP contribution >= 0.6 is 0 Å². The molecule has 166 valence electrons. The molecule has 0 N–H and O–H groups in total. The molecule has 0 atom stereocenters. The molecule has 2 heterocycles. The van der Waals surface area contributed by atoms with E-state index >= 15 is 0 Å². The van der Waals surface area contributed by atoms with Crippen LogP contribution < -0.4 is 9.64 Å². The molecule has 10 heteroatoms. The van der Waals surface area contributed by atoms with Crippen LogP contribution in [0, 0.1) is 0 Å². The van der Waals surface area contributed by atoms with Crippen LogP contribution in [0.1, 0.15) is 22.8 Å². The quantitative estimate of drug-likeness (QED) is 0.647. The second-order valence-corrected chi connectivity index (χ2v) is 6.81. The summed E-state index contributed by atoms with van der Waals surface area (Å²) in [4.78, 5) is 31.9. The number of piperazine rings is 1. The number of nitrogens with zero attached hydrogens (tertiary/aromatic N) is 3. The number of aromatic nitrogens is 1. The fourth-order valence-corrected chi connectivity index (χ4v) is 3.09. The number of hydrogen-bond acceptors (Lipinski definition) is 6. The van der Waals surface area contributed by atoms with E-state index in [0.29, 0.717) is 37.6 Å². The van der Waals surface area contributed by atoms with Gasteiger partial charge in [0.25, 0.3) is 5.91 Å². The zero-order chi connectivity index (χ0) is 22.4. The highest BCUT2D eigenvalue weighted by Crippen LogP contribution is 2.31. The fourth-order valence-electron chi connectivity index (χ4n) is 3.09. The summed E-state index contributed by atoms with van der Waals surface area (Å²) in [6.45, 7) is 3.58. The van der Waals surface area contributed by atoms with Gasteiger partial charge in [-0.3, -0.25) is 4.79 Å². The number of esters is 1. The first-order valence-electron chi connectivity index (χ1n) is 9.74. The Labute approximate surface area is 177 Å². The SMILES string of the molecule is CCOC(=O)c1ccc(N2CCN(C(=O)COc3cccc(C(F)(F)F)c3)CC2)nc1. The fraction of sp³-hybridized carbons (Fsp3) is 0.381. The molecule has 1 aliphatic heterocycles. The Morgan fingerprint density at radius 2 is 1.84 bits per heavy atom. The Kier molecular flexibility index (Phi) is 6.98. The van der Waals surface area contributed by atoms with Crippen molar-refractivity contribution < 1.29 is 32.2 Å². The van der Waals surface area contributed by atoms with Gasteiger partial charge >= 0.3 is 12.1 Å². The third-order valence-corrected chi connectivity index (χ3v) is 4.74. The monoisotopic (exact) mass is 437 g/mol. The van der Waals surface area contributed by atoms with Crippen LogP contribution in [0.5, 0.6) is 5.75 Å². The third-order valence-electron chi connectivity index (χ3n) is 4.74. The van der Waals surface area contributed by atoms with Gasteiger partial charge in [-0.15, -0.1) is 0 Å². The van der Waals surface area contributed by atoms with Gasteiger partial charge in [0.15, 0.2) is 6.61 Å². The summed E-state index contributed by atoms with van der Waals surface area (Å²) in [5.74, 6) is -0.0616. The van der Waals surface area contributed by atoms with Gasteiger partial charge < -0.3 is 19.3 Å². The lowest BCUT2D eigenvalue weighted by Crippen LogP contribution is -2.50. The van der Waals surface area contributed by atoms with Crippen molar-refractivity contribution >= 4 is 17.7 Å².